The van der Waals surface area contributed by atoms with Gasteiger partial charge < -0.3 is 0 Å². The summed E-state index contributed by atoms with van der Waals surface area (Å²) < 4.78 is 15.8. The summed E-state index contributed by atoms with van der Waals surface area (Å²) in [5.74, 6) is 0.108. The standard InChI is InChI=1S/C20H18FN3OS2/c1-11-7-8-13-16(9-11)27-18-17(13)19(25)24(15-6-4-3-5-14(15)21)20(23-18)26-12(2)10-22/h3-6,11-12H,7-9H2,1-2H3/t11-,12+/m0/s1. The molecule has 0 amide bonds. The van der Waals surface area contributed by atoms with E-state index in [4.69, 9.17) is 4.98 Å². The van der Waals surface area contributed by atoms with Gasteiger partial charge in [0.15, 0.2) is 5.16 Å². The second-order valence-electron chi connectivity index (χ2n) is 6.91. The molecule has 4 rings (SSSR count). The number of para-hydroxylation sites is 1. The number of rotatable bonds is 3. The quantitative estimate of drug-likeness (QED) is 0.472. The Morgan fingerprint density at radius 3 is 2.96 bits per heavy atom. The number of hydrogen-bond acceptors (Lipinski definition) is 5. The van der Waals surface area contributed by atoms with E-state index in [1.165, 1.54) is 27.3 Å². The number of aromatic nitrogens is 2. The van der Waals surface area contributed by atoms with Gasteiger partial charge in [-0.05, 0) is 49.8 Å². The first-order valence-corrected chi connectivity index (χ1v) is 10.6. The molecule has 0 saturated carbocycles. The first kappa shape index (κ1) is 18.2. The predicted molar refractivity (Wildman–Crippen MR) is 107 cm³/mol. The van der Waals surface area contributed by atoms with Crippen LogP contribution in [0, 0.1) is 23.1 Å². The summed E-state index contributed by atoms with van der Waals surface area (Å²) in [6.45, 7) is 3.96. The zero-order valence-corrected chi connectivity index (χ0v) is 16.7. The van der Waals surface area contributed by atoms with E-state index in [-0.39, 0.29) is 11.2 Å². The topological polar surface area (TPSA) is 58.7 Å². The largest absolute Gasteiger partial charge is 0.268 e. The van der Waals surface area contributed by atoms with Crippen molar-refractivity contribution in [2.45, 2.75) is 43.5 Å². The molecule has 0 radical (unpaired) electrons. The summed E-state index contributed by atoms with van der Waals surface area (Å²) in [7, 11) is 0. The summed E-state index contributed by atoms with van der Waals surface area (Å²) in [5.41, 5.74) is 0.999. The van der Waals surface area contributed by atoms with Gasteiger partial charge >= 0.3 is 0 Å². The van der Waals surface area contributed by atoms with Gasteiger partial charge in [-0.1, -0.05) is 30.8 Å². The molecule has 1 aliphatic carbocycles. The van der Waals surface area contributed by atoms with Crippen LogP contribution in [0.4, 0.5) is 4.39 Å². The van der Waals surface area contributed by atoms with Crippen molar-refractivity contribution in [1.29, 1.82) is 5.26 Å². The molecule has 7 heteroatoms. The van der Waals surface area contributed by atoms with Crippen LogP contribution in [0.1, 0.15) is 30.7 Å². The third-order valence-electron chi connectivity index (χ3n) is 4.86. The van der Waals surface area contributed by atoms with Crippen molar-refractivity contribution in [2.24, 2.45) is 5.92 Å². The SMILES string of the molecule is C[C@H]1CCc2c(sc3nc(S[C@H](C)C#N)n(-c4ccccc4F)c(=O)c23)C1. The molecule has 1 aromatic carbocycles. The second kappa shape index (κ2) is 7.10. The van der Waals surface area contributed by atoms with Gasteiger partial charge in [-0.25, -0.2) is 9.37 Å². The molecule has 0 bridgehead atoms. The Bertz CT molecular complexity index is 1130. The minimum atomic E-state index is -0.482. The lowest BCUT2D eigenvalue weighted by Crippen LogP contribution is -2.24. The lowest BCUT2D eigenvalue weighted by atomic mass is 9.89. The number of benzene rings is 1. The summed E-state index contributed by atoms with van der Waals surface area (Å²) in [4.78, 5) is 20.1. The van der Waals surface area contributed by atoms with Gasteiger partial charge in [0, 0.05) is 4.88 Å². The second-order valence-corrected chi connectivity index (χ2v) is 9.30. The molecule has 138 valence electrons. The van der Waals surface area contributed by atoms with Crippen LogP contribution >= 0.6 is 23.1 Å². The van der Waals surface area contributed by atoms with Crippen molar-refractivity contribution < 1.29 is 4.39 Å². The highest BCUT2D eigenvalue weighted by Crippen LogP contribution is 2.37. The average molecular weight is 400 g/mol. The molecule has 2 atom stereocenters. The monoisotopic (exact) mass is 399 g/mol. The first-order chi connectivity index (χ1) is 13.0. The third-order valence-corrected chi connectivity index (χ3v) is 6.95. The Morgan fingerprint density at radius 2 is 2.22 bits per heavy atom. The molecule has 2 heterocycles. The first-order valence-electron chi connectivity index (χ1n) is 8.88. The van der Waals surface area contributed by atoms with Crippen LogP contribution in [0.25, 0.3) is 15.9 Å². The molecular weight excluding hydrogens is 381 g/mol. The molecule has 27 heavy (non-hydrogen) atoms. The Balaban J connectivity index is 2.03. The fourth-order valence-corrected chi connectivity index (χ4v) is 5.71. The number of thiophene rings is 1. The molecule has 4 nitrogen and oxygen atoms in total. The number of thioether (sulfide) groups is 1. The van der Waals surface area contributed by atoms with Crippen LogP contribution < -0.4 is 5.56 Å². The van der Waals surface area contributed by atoms with Crippen LogP contribution in [0.15, 0.2) is 34.2 Å². The summed E-state index contributed by atoms with van der Waals surface area (Å²) in [5, 5.41) is 9.77. The minimum Gasteiger partial charge on any atom is -0.268 e. The van der Waals surface area contributed by atoms with E-state index in [1.54, 1.807) is 36.5 Å². The van der Waals surface area contributed by atoms with E-state index in [2.05, 4.69) is 13.0 Å². The van der Waals surface area contributed by atoms with Gasteiger partial charge in [-0.3, -0.25) is 9.36 Å². The van der Waals surface area contributed by atoms with Gasteiger partial charge in [0.2, 0.25) is 0 Å². The van der Waals surface area contributed by atoms with Crippen molar-refractivity contribution >= 4 is 33.3 Å². The smallest absolute Gasteiger partial charge is 0.267 e. The van der Waals surface area contributed by atoms with Crippen LogP contribution in [0.3, 0.4) is 0 Å². The summed E-state index contributed by atoms with van der Waals surface area (Å²) in [6, 6.07) is 8.34. The van der Waals surface area contributed by atoms with E-state index in [0.29, 0.717) is 21.3 Å². The van der Waals surface area contributed by atoms with Crippen LogP contribution in [-0.4, -0.2) is 14.8 Å². The van der Waals surface area contributed by atoms with Crippen LogP contribution in [0.2, 0.25) is 0 Å². The number of nitriles is 1. The number of nitrogens with zero attached hydrogens (tertiary/aromatic N) is 3. The van der Waals surface area contributed by atoms with Crippen molar-refractivity contribution in [3.05, 3.63) is 50.9 Å². The molecule has 1 aliphatic rings. The highest BCUT2D eigenvalue weighted by atomic mass is 32.2. The number of halogens is 1. The Hall–Kier alpha value is -2.17. The molecule has 0 aliphatic heterocycles. The highest BCUT2D eigenvalue weighted by Gasteiger charge is 2.26. The minimum absolute atomic E-state index is 0.175. The number of aryl methyl sites for hydroxylation is 1. The van der Waals surface area contributed by atoms with E-state index < -0.39 is 11.1 Å². The lowest BCUT2D eigenvalue weighted by Gasteiger charge is -2.18. The predicted octanol–water partition coefficient (Wildman–Crippen LogP) is 4.72. The Kier molecular flexibility index (Phi) is 4.79. The maximum Gasteiger partial charge on any atom is 0.267 e. The maximum atomic E-state index is 14.5. The zero-order chi connectivity index (χ0) is 19.1. The molecule has 0 spiro atoms. The molecule has 2 aromatic heterocycles. The van der Waals surface area contributed by atoms with Gasteiger partial charge in [0.25, 0.3) is 5.56 Å². The highest BCUT2D eigenvalue weighted by molar-refractivity contribution is 8.00. The molecular formula is C20H18FN3OS2. The molecule has 0 saturated heterocycles. The number of fused-ring (bicyclic) bond motifs is 3. The van der Waals surface area contributed by atoms with Crippen molar-refractivity contribution in [2.75, 3.05) is 0 Å². The molecule has 0 N–H and O–H groups in total. The van der Waals surface area contributed by atoms with Gasteiger partial charge in [-0.15, -0.1) is 11.3 Å². The fraction of sp³-hybridized carbons (Fsp3) is 0.350. The van der Waals surface area contributed by atoms with E-state index in [9.17, 15) is 14.4 Å². The van der Waals surface area contributed by atoms with Crippen molar-refractivity contribution in [3.63, 3.8) is 0 Å². The number of hydrogen-bond donors (Lipinski definition) is 0. The molecule has 0 fully saturated rings. The van der Waals surface area contributed by atoms with E-state index >= 15 is 0 Å². The average Bonchev–Trinajstić information content (AvgIpc) is 3.00. The fourth-order valence-electron chi connectivity index (χ4n) is 3.48. The Morgan fingerprint density at radius 1 is 1.44 bits per heavy atom. The van der Waals surface area contributed by atoms with Gasteiger partial charge in [0.05, 0.1) is 22.4 Å². The zero-order valence-electron chi connectivity index (χ0n) is 15.0. The van der Waals surface area contributed by atoms with Crippen LogP contribution in [0.5, 0.6) is 0 Å². The lowest BCUT2D eigenvalue weighted by molar-refractivity contribution is 0.509. The summed E-state index contributed by atoms with van der Waals surface area (Å²) in [6.07, 6.45) is 2.85. The van der Waals surface area contributed by atoms with Crippen molar-refractivity contribution in [1.82, 2.24) is 9.55 Å². The normalized spacial score (nSPS) is 17.5. The third kappa shape index (κ3) is 3.17. The maximum absolute atomic E-state index is 14.5. The molecule has 3 aromatic rings. The Labute approximate surface area is 164 Å². The van der Waals surface area contributed by atoms with Gasteiger partial charge in [-0.2, -0.15) is 5.26 Å². The van der Waals surface area contributed by atoms with Crippen LogP contribution in [-0.2, 0) is 12.8 Å². The van der Waals surface area contributed by atoms with Crippen molar-refractivity contribution in [3.8, 4) is 11.8 Å². The van der Waals surface area contributed by atoms with Gasteiger partial charge in [0.1, 0.15) is 10.6 Å². The van der Waals surface area contributed by atoms with E-state index in [1.807, 2.05) is 0 Å². The van der Waals surface area contributed by atoms with E-state index in [0.717, 1.165) is 24.8 Å². The summed E-state index contributed by atoms with van der Waals surface area (Å²) >= 11 is 2.74. The molecule has 0 unspecified atom stereocenters.